The van der Waals surface area contributed by atoms with Gasteiger partial charge in [-0.3, -0.25) is 4.99 Å². The van der Waals surface area contributed by atoms with Gasteiger partial charge in [0.2, 0.25) is 0 Å². The maximum absolute atomic E-state index is 12.6. The second-order valence-corrected chi connectivity index (χ2v) is 30.1. The summed E-state index contributed by atoms with van der Waals surface area (Å²) in [4.78, 5) is 4.39. The lowest BCUT2D eigenvalue weighted by Gasteiger charge is -2.50. The molecule has 0 amide bonds. The second-order valence-electron chi connectivity index (χ2n) is 28.9. The van der Waals surface area contributed by atoms with Crippen LogP contribution in [-0.4, -0.2) is 530 Å². The Morgan fingerprint density at radius 2 is 0.469 bits per heavy atom. The van der Waals surface area contributed by atoms with Crippen molar-refractivity contribution in [2.45, 2.75) is 313 Å². The van der Waals surface area contributed by atoms with Crippen molar-refractivity contribution in [3.8, 4) is 0 Å². The predicted octanol–water partition coefficient (Wildman–Crippen LogP) is -20.6. The topological polar surface area (TPSA) is 795 Å². The molecule has 10 fully saturated rings. The summed E-state index contributed by atoms with van der Waals surface area (Å²) in [6.07, 6.45) is -100. The molecule has 50 nitrogen and oxygen atoms in total. The number of ether oxygens (including phenoxy) is 19. The Kier molecular flexibility index (Phi) is 32.1. The maximum Gasteiger partial charge on any atom is 0.187 e. The zero-order valence-corrected chi connectivity index (χ0v) is 60.3. The Balaban J connectivity index is 0.895. The van der Waals surface area contributed by atoms with Crippen LogP contribution in [-0.2, 0) is 90.0 Å². The number of hydrogen-bond acceptors (Lipinski definition) is 51. The van der Waals surface area contributed by atoms with E-state index in [4.69, 9.17) is 90.0 Å². The third-order valence-electron chi connectivity index (χ3n) is 21.4. The number of aliphatic imine (C=N–C) groups is 1. The predicted molar refractivity (Wildman–Crippen MR) is 346 cm³/mol. The Bertz CT molecular complexity index is 2950. The van der Waals surface area contributed by atoms with Gasteiger partial charge >= 0.3 is 0 Å². The summed E-state index contributed by atoms with van der Waals surface area (Å²) in [5.74, 6) is 0. The molecule has 0 aromatic carbocycles. The minimum Gasteiger partial charge on any atom is -0.394 e. The van der Waals surface area contributed by atoms with Crippen LogP contribution in [0.15, 0.2) is 4.99 Å². The quantitative estimate of drug-likeness (QED) is 0.0346. The summed E-state index contributed by atoms with van der Waals surface area (Å²) in [5.41, 5.74) is -0.902. The average molecular weight is 1680 g/mol. The fourth-order valence-electron chi connectivity index (χ4n) is 14.7. The normalized spacial score (nSPS) is 53.4. The van der Waals surface area contributed by atoms with Crippen LogP contribution in [0.3, 0.4) is 0 Å². The van der Waals surface area contributed by atoms with Crippen LogP contribution in [0.2, 0.25) is 0 Å². The molecule has 51 heteroatoms. The maximum atomic E-state index is 12.6. The van der Waals surface area contributed by atoms with Gasteiger partial charge in [0.25, 0.3) is 0 Å². The molecule has 0 aromatic rings. The lowest BCUT2D eigenvalue weighted by atomic mass is 9.95. The van der Waals surface area contributed by atoms with E-state index in [2.05, 4.69) is 4.99 Å². The second kappa shape index (κ2) is 39.5. The zero-order chi connectivity index (χ0) is 82.4. The summed E-state index contributed by atoms with van der Waals surface area (Å²) in [6, 6.07) is -1.11. The molecule has 113 heavy (non-hydrogen) atoms. The van der Waals surface area contributed by atoms with Gasteiger partial charge in [0.1, 0.15) is 250 Å². The van der Waals surface area contributed by atoms with Crippen LogP contribution in [0.4, 0.5) is 0 Å². The van der Waals surface area contributed by atoms with E-state index in [1.807, 2.05) is 0 Å². The van der Waals surface area contributed by atoms with Crippen molar-refractivity contribution < 1.29 is 243 Å². The third-order valence-corrected chi connectivity index (χ3v) is 22.5. The van der Waals surface area contributed by atoms with E-state index in [1.54, 1.807) is 6.92 Å². The molecule has 0 radical (unpaired) electrons. The van der Waals surface area contributed by atoms with Gasteiger partial charge in [-0.15, -0.1) is 0 Å². The number of hydrogen-bond donors (Lipinski definition) is 30. The van der Waals surface area contributed by atoms with E-state index >= 15 is 0 Å². The largest absolute Gasteiger partial charge is 0.394 e. The van der Waals surface area contributed by atoms with Gasteiger partial charge < -0.3 is 243 Å². The molecule has 30 N–H and O–H groups in total. The first-order valence-corrected chi connectivity index (χ1v) is 37.0. The van der Waals surface area contributed by atoms with E-state index in [0.717, 1.165) is 11.8 Å². The van der Waals surface area contributed by atoms with Gasteiger partial charge in [0, 0.05) is 0 Å². The number of aliphatic hydroxyl groups is 30. The first-order valence-electron chi connectivity index (χ1n) is 36.1. The van der Waals surface area contributed by atoms with Crippen LogP contribution in [0.5, 0.6) is 0 Å². The summed E-state index contributed by atoms with van der Waals surface area (Å²) in [5, 5.41) is 331. The molecule has 0 unspecified atom stereocenters. The lowest BCUT2D eigenvalue weighted by molar-refractivity contribution is -0.407. The highest BCUT2D eigenvalue weighted by Crippen LogP contribution is 2.42. The van der Waals surface area contributed by atoms with Crippen molar-refractivity contribution in [3.63, 3.8) is 0 Å². The lowest BCUT2D eigenvalue weighted by Crippen LogP contribution is -2.68. The summed E-state index contributed by atoms with van der Waals surface area (Å²) < 4.78 is 111. The average Bonchev–Trinajstić information content (AvgIpc) is 1.08. The molecular weight excluding hydrogens is 1570 g/mol. The minimum absolute atomic E-state index is 0.423. The van der Waals surface area contributed by atoms with Crippen LogP contribution in [0.1, 0.15) is 6.92 Å². The summed E-state index contributed by atoms with van der Waals surface area (Å²) in [7, 11) is 0. The van der Waals surface area contributed by atoms with Crippen LogP contribution in [0.25, 0.3) is 0 Å². The van der Waals surface area contributed by atoms with Gasteiger partial charge in [-0.1, -0.05) is 11.8 Å². The Hall–Kier alpha value is -1.94. The van der Waals surface area contributed by atoms with Crippen molar-refractivity contribution >= 4 is 16.8 Å². The van der Waals surface area contributed by atoms with Crippen molar-refractivity contribution in [3.05, 3.63) is 0 Å². The van der Waals surface area contributed by atoms with Crippen molar-refractivity contribution in [1.29, 1.82) is 0 Å². The van der Waals surface area contributed by atoms with E-state index in [1.165, 1.54) is 0 Å². The molecule has 0 aliphatic carbocycles. The SMILES string of the molecule is CC1=N[C@@H]2[C@@H](O)[C@H](O[C@@H]3O[C@H](CO[C@H]4O[C@H](CO[C@H]5O[C@H](CO[C@H]6O[C@H](CO)[C@@H](O)[C@H](O)[C@@H]6O)[C@@H](O)[C@H](O)[C@@H]5O)[C@@H](O)[C@H](O[C@@H]5O[C@H](CO)[C@@H](O)[C@H](O[C@@H]6O[C@H](CO)[C@@H](O)[C@H](O)[C@@H]6O)[C@@H]5O)[C@@H]4O)[C@@H](O)[C@H](O[C@@H]4O[C@H](CO)[C@@H](O)[C@H](O)[C@@H]4O[C@@H]4O[C@H](CO)[C@@H](O)[C@H](O)[C@@H]4O[C@@H]4O[C@H](CO)[C@@H](O)[C@H](O)[C@@H]4O)[C@@H]3O)[C@@H](CO)O[C@H]2S1. The van der Waals surface area contributed by atoms with Crippen molar-refractivity contribution in [2.75, 3.05) is 66.1 Å². The number of fused-ring (bicyclic) bond motifs is 1. The Morgan fingerprint density at radius 1 is 0.230 bits per heavy atom. The van der Waals surface area contributed by atoms with Gasteiger partial charge in [-0.05, 0) is 6.92 Å². The summed E-state index contributed by atoms with van der Waals surface area (Å²) >= 11 is 1.08. The molecular formula is C62H103NO49S. The molecule has 11 aliphatic heterocycles. The number of nitrogens with zero attached hydrogens (tertiary/aromatic N) is 1. The van der Waals surface area contributed by atoms with Crippen molar-refractivity contribution in [2.24, 2.45) is 4.99 Å². The monoisotopic (exact) mass is 1680 g/mol. The van der Waals surface area contributed by atoms with Gasteiger partial charge in [-0.2, -0.15) is 0 Å². The molecule has 0 spiro atoms. The molecule has 0 saturated carbocycles. The van der Waals surface area contributed by atoms with E-state index in [9.17, 15) is 153 Å². The van der Waals surface area contributed by atoms with Gasteiger partial charge in [0.05, 0.1) is 71.1 Å². The van der Waals surface area contributed by atoms with Gasteiger partial charge in [-0.25, -0.2) is 0 Å². The fraction of sp³-hybridized carbons (Fsp3) is 0.984. The Labute approximate surface area is 642 Å². The first kappa shape index (κ1) is 91.8. The summed E-state index contributed by atoms with van der Waals surface area (Å²) in [6.45, 7) is -8.74. The number of aliphatic hydroxyl groups excluding tert-OH is 30. The van der Waals surface area contributed by atoms with E-state index < -0.39 is 372 Å². The van der Waals surface area contributed by atoms with Crippen LogP contribution in [0, 0.1) is 0 Å². The molecule has 11 heterocycles. The van der Waals surface area contributed by atoms with E-state index in [-0.39, 0.29) is 0 Å². The highest BCUT2D eigenvalue weighted by Gasteiger charge is 2.61. The highest BCUT2D eigenvalue weighted by molar-refractivity contribution is 8.14. The zero-order valence-electron chi connectivity index (χ0n) is 59.5. The molecule has 0 aromatic heterocycles. The molecule has 10 saturated heterocycles. The molecule has 11 rings (SSSR count). The van der Waals surface area contributed by atoms with Crippen molar-refractivity contribution in [1.82, 2.24) is 0 Å². The molecule has 0 bridgehead atoms. The third kappa shape index (κ3) is 19.1. The minimum atomic E-state index is -2.47. The standard InChI is InChI=1S/C62H103NO49S/c1-12-63-23-33(80)47(19(8-70)106-62(23)113-12)107-59-46(93)50(110-60-52(39(86)28(75)16(5-67)101-60)112-61-51(38(85)27(74)17(6-68)102-61)111-57-43(90)36(83)26(73)15(4-66)99-57)32(79)22(105-59)11-96-55-44(91)49(109-58-45(92)48(30(77)18(7-69)100-58)108-56-42(89)35(82)25(72)14(3-65)98-56)31(78)21(104-55)10-95-54-41(88)37(84)29(76)20(103-54)9-94-53-40(87)34(81)24(71)13(2-64)97-53/h13-62,64-93H,2-11H2,1H3/t13-,14-,15-,16-,17-,18-,19-,20-,21-,22-,23-,24-,25-,26-,27-,28-,29-,30-,31-,32-,33-,34+,35+,36+,37+,38+,39+,40+,41+,42+,43+,44+,45+,46+,47-,48+,49+,50+,51+,52+,53+,54+,55+,56+,57+,58+,59+,60+,61+,62+/m1/s1. The van der Waals surface area contributed by atoms with E-state index in [0.29, 0.717) is 5.04 Å². The Morgan fingerprint density at radius 3 is 0.850 bits per heavy atom. The smallest absolute Gasteiger partial charge is 0.187 e. The van der Waals surface area contributed by atoms with Gasteiger partial charge in [0.15, 0.2) is 56.6 Å². The molecule has 656 valence electrons. The van der Waals surface area contributed by atoms with Crippen LogP contribution >= 0.6 is 11.8 Å². The van der Waals surface area contributed by atoms with Crippen LogP contribution < -0.4 is 0 Å². The highest BCUT2D eigenvalue weighted by atomic mass is 32.2. The molecule has 11 aliphatic rings. The first-order chi connectivity index (χ1) is 53.6. The number of rotatable bonds is 28. The fourth-order valence-corrected chi connectivity index (χ4v) is 15.8. The number of thioether (sulfide) groups is 1. The molecule has 50 atom stereocenters.